The Morgan fingerprint density at radius 1 is 1.27 bits per heavy atom. The summed E-state index contributed by atoms with van der Waals surface area (Å²) in [5, 5.41) is 8.94. The summed E-state index contributed by atoms with van der Waals surface area (Å²) in [6, 6.07) is 8.48. The minimum atomic E-state index is -3.23. The highest BCUT2D eigenvalue weighted by Crippen LogP contribution is 2.34. The average molecular weight is 319 g/mol. The zero-order chi connectivity index (χ0) is 15.9. The van der Waals surface area contributed by atoms with Gasteiger partial charge in [-0.05, 0) is 31.0 Å². The second kappa shape index (κ2) is 5.38. The monoisotopic (exact) mass is 319 g/mol. The van der Waals surface area contributed by atoms with E-state index < -0.39 is 10.0 Å². The highest BCUT2D eigenvalue weighted by Gasteiger charge is 2.47. The molecule has 2 heterocycles. The van der Waals surface area contributed by atoms with Crippen LogP contribution in [0.1, 0.15) is 28.8 Å². The van der Waals surface area contributed by atoms with E-state index in [9.17, 15) is 13.2 Å². The molecule has 0 radical (unpaired) electrons. The Hall–Kier alpha value is -1.91. The van der Waals surface area contributed by atoms with Gasteiger partial charge in [-0.3, -0.25) is 4.79 Å². The van der Waals surface area contributed by atoms with Crippen molar-refractivity contribution in [3.05, 3.63) is 35.4 Å². The number of hydrogen-bond donors (Lipinski definition) is 0. The summed E-state index contributed by atoms with van der Waals surface area (Å²) in [7, 11) is -3.23. The average Bonchev–Trinajstić information content (AvgIpc) is 3.07. The van der Waals surface area contributed by atoms with Crippen LogP contribution >= 0.6 is 0 Å². The molecule has 116 valence electrons. The topological polar surface area (TPSA) is 81.5 Å². The molecule has 3 rings (SSSR count). The Labute approximate surface area is 130 Å². The Kier molecular flexibility index (Phi) is 3.67. The molecule has 2 aliphatic rings. The van der Waals surface area contributed by atoms with Crippen LogP contribution in [0.25, 0.3) is 0 Å². The largest absolute Gasteiger partial charge is 0.334 e. The summed E-state index contributed by atoms with van der Waals surface area (Å²) < 4.78 is 25.1. The van der Waals surface area contributed by atoms with Crippen LogP contribution in [0, 0.1) is 11.3 Å². The third kappa shape index (κ3) is 2.49. The number of benzene rings is 1. The lowest BCUT2D eigenvalue weighted by atomic mass is 10.1. The van der Waals surface area contributed by atoms with E-state index in [1.807, 2.05) is 6.07 Å². The number of carbonyl (C=O) groups excluding carboxylic acids is 1. The first kappa shape index (κ1) is 15.0. The van der Waals surface area contributed by atoms with Gasteiger partial charge in [0.05, 0.1) is 17.9 Å². The lowest BCUT2D eigenvalue weighted by molar-refractivity contribution is 0.0735. The van der Waals surface area contributed by atoms with Crippen LogP contribution < -0.4 is 0 Å². The maximum absolute atomic E-state index is 12.7. The Morgan fingerprint density at radius 3 is 2.68 bits per heavy atom. The predicted octanol–water partition coefficient (Wildman–Crippen LogP) is 0.807. The van der Waals surface area contributed by atoms with E-state index in [0.717, 1.165) is 0 Å². The van der Waals surface area contributed by atoms with Crippen molar-refractivity contribution in [2.75, 3.05) is 19.3 Å². The van der Waals surface area contributed by atoms with Gasteiger partial charge in [0.15, 0.2) is 0 Å². The van der Waals surface area contributed by atoms with Crippen molar-refractivity contribution < 1.29 is 13.2 Å². The molecule has 7 heteroatoms. The highest BCUT2D eigenvalue weighted by atomic mass is 32.2. The molecule has 0 saturated carbocycles. The zero-order valence-corrected chi connectivity index (χ0v) is 13.1. The second-order valence-corrected chi connectivity index (χ2v) is 7.71. The van der Waals surface area contributed by atoms with Crippen LogP contribution in [-0.4, -0.2) is 55.0 Å². The molecule has 1 aromatic carbocycles. The smallest absolute Gasteiger partial charge is 0.254 e. The van der Waals surface area contributed by atoms with Gasteiger partial charge in [-0.2, -0.15) is 9.57 Å². The number of sulfonamides is 1. The maximum atomic E-state index is 12.7. The number of carbonyl (C=O) groups is 1. The van der Waals surface area contributed by atoms with E-state index in [2.05, 4.69) is 0 Å². The molecule has 0 spiro atoms. The molecule has 2 aliphatic heterocycles. The van der Waals surface area contributed by atoms with Crippen molar-refractivity contribution in [1.29, 1.82) is 5.26 Å². The van der Waals surface area contributed by atoms with E-state index in [4.69, 9.17) is 5.26 Å². The number of amides is 1. The fourth-order valence-electron chi connectivity index (χ4n) is 3.50. The van der Waals surface area contributed by atoms with Crippen molar-refractivity contribution in [2.24, 2.45) is 0 Å². The molecule has 0 aromatic heterocycles. The van der Waals surface area contributed by atoms with Gasteiger partial charge < -0.3 is 4.90 Å². The molecule has 2 saturated heterocycles. The first-order valence-electron chi connectivity index (χ1n) is 7.20. The van der Waals surface area contributed by atoms with Crippen LogP contribution in [0.3, 0.4) is 0 Å². The normalized spacial score (nSPS) is 25.0. The third-order valence-corrected chi connectivity index (χ3v) is 5.76. The number of nitrogens with zero attached hydrogens (tertiary/aromatic N) is 3. The summed E-state index contributed by atoms with van der Waals surface area (Å²) in [4.78, 5) is 14.4. The molecule has 6 nitrogen and oxygen atoms in total. The minimum Gasteiger partial charge on any atom is -0.334 e. The van der Waals surface area contributed by atoms with Crippen molar-refractivity contribution in [2.45, 2.75) is 24.9 Å². The van der Waals surface area contributed by atoms with E-state index in [1.165, 1.54) is 10.6 Å². The molecule has 0 N–H and O–H groups in total. The van der Waals surface area contributed by atoms with Gasteiger partial charge in [0.1, 0.15) is 0 Å². The predicted molar refractivity (Wildman–Crippen MR) is 80.6 cm³/mol. The molecule has 1 aromatic rings. The third-order valence-electron chi connectivity index (χ3n) is 4.45. The van der Waals surface area contributed by atoms with Crippen LogP contribution in [0.15, 0.2) is 24.3 Å². The van der Waals surface area contributed by atoms with Gasteiger partial charge >= 0.3 is 0 Å². The first-order chi connectivity index (χ1) is 10.4. The van der Waals surface area contributed by atoms with E-state index in [1.54, 1.807) is 29.2 Å². The minimum absolute atomic E-state index is 0.0621. The quantitative estimate of drug-likeness (QED) is 0.807. The van der Waals surface area contributed by atoms with E-state index in [-0.39, 0.29) is 18.0 Å². The Balaban J connectivity index is 1.83. The van der Waals surface area contributed by atoms with Gasteiger partial charge in [0, 0.05) is 30.7 Å². The lowest BCUT2D eigenvalue weighted by Crippen LogP contribution is -2.41. The van der Waals surface area contributed by atoms with Gasteiger partial charge in [0.25, 0.3) is 5.91 Å². The van der Waals surface area contributed by atoms with E-state index >= 15 is 0 Å². The van der Waals surface area contributed by atoms with Crippen molar-refractivity contribution in [1.82, 2.24) is 9.21 Å². The fourth-order valence-corrected chi connectivity index (χ4v) is 4.67. The summed E-state index contributed by atoms with van der Waals surface area (Å²) in [6.45, 7) is 1.02. The number of fused-ring (bicyclic) bond motifs is 1. The van der Waals surface area contributed by atoms with Crippen molar-refractivity contribution in [3.8, 4) is 6.07 Å². The lowest BCUT2D eigenvalue weighted by Gasteiger charge is -2.24. The van der Waals surface area contributed by atoms with Gasteiger partial charge in [-0.25, -0.2) is 8.42 Å². The maximum Gasteiger partial charge on any atom is 0.254 e. The summed E-state index contributed by atoms with van der Waals surface area (Å²) in [5.74, 6) is -0.125. The highest BCUT2D eigenvalue weighted by molar-refractivity contribution is 7.88. The molecule has 0 bridgehead atoms. The van der Waals surface area contributed by atoms with Gasteiger partial charge in [-0.1, -0.05) is 6.07 Å². The fraction of sp³-hybridized carbons (Fsp3) is 0.467. The van der Waals surface area contributed by atoms with Crippen LogP contribution in [0.5, 0.6) is 0 Å². The van der Waals surface area contributed by atoms with Crippen LogP contribution in [0.2, 0.25) is 0 Å². The number of nitriles is 1. The Bertz CT molecular complexity index is 754. The number of hydrogen-bond acceptors (Lipinski definition) is 4. The molecule has 0 unspecified atom stereocenters. The Morgan fingerprint density at radius 2 is 2.00 bits per heavy atom. The first-order valence-corrected chi connectivity index (χ1v) is 9.04. The number of likely N-dealkylation sites (tertiary alicyclic amines) is 1. The number of rotatable bonds is 2. The van der Waals surface area contributed by atoms with Gasteiger partial charge in [-0.15, -0.1) is 0 Å². The van der Waals surface area contributed by atoms with Crippen LogP contribution in [-0.2, 0) is 10.0 Å². The van der Waals surface area contributed by atoms with Crippen molar-refractivity contribution in [3.63, 3.8) is 0 Å². The SMILES string of the molecule is CS(=O)(=O)N1CC[C@@H]2[C@@H]1CCN2C(=O)c1cccc(C#N)c1. The molecule has 22 heavy (non-hydrogen) atoms. The summed E-state index contributed by atoms with van der Waals surface area (Å²) in [5.41, 5.74) is 0.934. The molecular formula is C15H17N3O3S. The summed E-state index contributed by atoms with van der Waals surface area (Å²) >= 11 is 0. The van der Waals surface area contributed by atoms with E-state index in [0.29, 0.717) is 37.1 Å². The molecule has 1 amide bonds. The zero-order valence-electron chi connectivity index (χ0n) is 12.3. The summed E-state index contributed by atoms with van der Waals surface area (Å²) in [6.07, 6.45) is 2.55. The molecular weight excluding hydrogens is 302 g/mol. The van der Waals surface area contributed by atoms with Gasteiger partial charge in [0.2, 0.25) is 10.0 Å². The standard InChI is InChI=1S/C15H17N3O3S/c1-22(20,21)18-8-6-13-14(18)5-7-17(13)15(19)12-4-2-3-11(9-12)10-16/h2-4,9,13-14H,5-8H2,1H3/t13-,14+/m1/s1. The molecule has 2 atom stereocenters. The van der Waals surface area contributed by atoms with Crippen LogP contribution in [0.4, 0.5) is 0 Å². The van der Waals surface area contributed by atoms with Crippen molar-refractivity contribution >= 4 is 15.9 Å². The molecule has 0 aliphatic carbocycles. The second-order valence-electron chi connectivity index (χ2n) is 5.78. The molecule has 2 fully saturated rings.